The van der Waals surface area contributed by atoms with Gasteiger partial charge in [0.2, 0.25) is 0 Å². The summed E-state index contributed by atoms with van der Waals surface area (Å²) in [5.74, 6) is 0. The highest BCUT2D eigenvalue weighted by Crippen LogP contribution is 2.23. The third-order valence-corrected chi connectivity index (χ3v) is 3.63. The zero-order chi connectivity index (χ0) is 8.27. The molecule has 3 heteroatoms. The van der Waals surface area contributed by atoms with Gasteiger partial charge in [-0.1, -0.05) is 46.3 Å². The van der Waals surface area contributed by atoms with Gasteiger partial charge in [-0.15, -0.1) is 0 Å². The van der Waals surface area contributed by atoms with Crippen molar-refractivity contribution < 1.29 is 0 Å². The van der Waals surface area contributed by atoms with Crippen molar-refractivity contribution in [3.05, 3.63) is 38.9 Å². The third kappa shape index (κ3) is 2.76. The Bertz CT molecular complexity index is 266. The molecule has 0 aliphatic heterocycles. The Morgan fingerprint density at radius 1 is 1.36 bits per heavy atom. The molecular formula is C8H5BrClI. The average Bonchev–Trinajstić information content (AvgIpc) is 2.05. The van der Waals surface area contributed by atoms with E-state index < -0.39 is 0 Å². The maximum atomic E-state index is 5.72. The predicted molar refractivity (Wildman–Crippen MR) is 62.4 cm³/mol. The molecule has 0 N–H and O–H groups in total. The van der Waals surface area contributed by atoms with E-state index in [0.29, 0.717) is 0 Å². The van der Waals surface area contributed by atoms with Crippen molar-refractivity contribution in [2.75, 3.05) is 0 Å². The maximum absolute atomic E-state index is 5.72. The van der Waals surface area contributed by atoms with Crippen LogP contribution in [0.3, 0.4) is 0 Å². The van der Waals surface area contributed by atoms with E-state index in [-0.39, 0.29) is 0 Å². The number of hydrogen-bond donors (Lipinski definition) is 0. The number of hydrogen-bond acceptors (Lipinski definition) is 0. The summed E-state index contributed by atoms with van der Waals surface area (Å²) >= 11 is 11.3. The molecule has 0 atom stereocenters. The lowest BCUT2D eigenvalue weighted by Gasteiger charge is -1.96. The molecule has 0 saturated heterocycles. The van der Waals surface area contributed by atoms with E-state index in [1.165, 1.54) is 0 Å². The summed E-state index contributed by atoms with van der Waals surface area (Å²) in [5, 5.41) is 0.766. The molecule has 1 rings (SSSR count). The zero-order valence-electron chi connectivity index (χ0n) is 5.52. The molecule has 0 unspecified atom stereocenters. The van der Waals surface area contributed by atoms with Crippen molar-refractivity contribution in [1.29, 1.82) is 0 Å². The van der Waals surface area contributed by atoms with Crippen LogP contribution >= 0.6 is 50.1 Å². The molecule has 0 heterocycles. The van der Waals surface area contributed by atoms with E-state index in [1.807, 2.05) is 28.3 Å². The van der Waals surface area contributed by atoms with Crippen LogP contribution in [0.2, 0.25) is 5.02 Å². The van der Waals surface area contributed by atoms with Crippen molar-refractivity contribution in [1.82, 2.24) is 0 Å². The number of benzene rings is 1. The van der Waals surface area contributed by atoms with Crippen LogP contribution in [0.15, 0.2) is 28.3 Å². The lowest BCUT2D eigenvalue weighted by Crippen LogP contribution is -1.73. The van der Waals surface area contributed by atoms with Crippen LogP contribution in [0.25, 0.3) is 4.48 Å². The minimum atomic E-state index is 0.766. The number of rotatable bonds is 1. The lowest BCUT2D eigenvalue weighted by atomic mass is 10.2. The molecule has 0 radical (unpaired) electrons. The molecule has 1 aromatic carbocycles. The molecule has 0 fully saturated rings. The molecule has 0 spiro atoms. The normalized spacial score (nSPS) is 11.7. The molecule has 11 heavy (non-hydrogen) atoms. The van der Waals surface area contributed by atoms with E-state index in [9.17, 15) is 0 Å². The lowest BCUT2D eigenvalue weighted by molar-refractivity contribution is 1.66. The van der Waals surface area contributed by atoms with Gasteiger partial charge in [0, 0.05) is 9.51 Å². The zero-order valence-corrected chi connectivity index (χ0v) is 10.0. The summed E-state index contributed by atoms with van der Waals surface area (Å²) in [7, 11) is 0. The highest BCUT2D eigenvalue weighted by molar-refractivity contribution is 14.1. The van der Waals surface area contributed by atoms with Crippen LogP contribution in [0.1, 0.15) is 5.56 Å². The van der Waals surface area contributed by atoms with Gasteiger partial charge in [0.25, 0.3) is 0 Å². The molecule has 1 aromatic rings. The first-order chi connectivity index (χ1) is 5.24. The Labute approximate surface area is 92.9 Å². The van der Waals surface area contributed by atoms with E-state index in [1.54, 1.807) is 0 Å². The first kappa shape index (κ1) is 9.55. The third-order valence-electron chi connectivity index (χ3n) is 1.22. The van der Waals surface area contributed by atoms with Crippen LogP contribution in [-0.4, -0.2) is 0 Å². The topological polar surface area (TPSA) is 0 Å². The van der Waals surface area contributed by atoms with Gasteiger partial charge in [-0.25, -0.2) is 0 Å². The monoisotopic (exact) mass is 342 g/mol. The van der Waals surface area contributed by atoms with E-state index >= 15 is 0 Å². The molecule has 0 aromatic heterocycles. The van der Waals surface area contributed by atoms with Crippen molar-refractivity contribution in [2.45, 2.75) is 0 Å². The molecule has 0 amide bonds. The van der Waals surface area contributed by atoms with Crippen LogP contribution in [0.4, 0.5) is 0 Å². The van der Waals surface area contributed by atoms with Crippen molar-refractivity contribution in [3.8, 4) is 0 Å². The van der Waals surface area contributed by atoms with Gasteiger partial charge in [0.05, 0.1) is 0 Å². The number of halogens is 3. The SMILES string of the molecule is Clc1ccc(C(Br)=CI)cc1. The molecule has 0 nitrogen and oxygen atoms in total. The predicted octanol–water partition coefficient (Wildman–Crippen LogP) is 4.47. The van der Waals surface area contributed by atoms with Gasteiger partial charge in [-0.3, -0.25) is 0 Å². The summed E-state index contributed by atoms with van der Waals surface area (Å²) in [4.78, 5) is 0. The van der Waals surface area contributed by atoms with Gasteiger partial charge >= 0.3 is 0 Å². The minimum absolute atomic E-state index is 0.766. The summed E-state index contributed by atoms with van der Waals surface area (Å²) in [6.45, 7) is 0. The summed E-state index contributed by atoms with van der Waals surface area (Å²) in [6, 6.07) is 7.69. The van der Waals surface area contributed by atoms with Crippen LogP contribution in [0.5, 0.6) is 0 Å². The summed E-state index contributed by atoms with van der Waals surface area (Å²) in [6.07, 6.45) is 0. The quantitative estimate of drug-likeness (QED) is 0.660. The van der Waals surface area contributed by atoms with Gasteiger partial charge in [-0.05, 0) is 37.7 Å². The van der Waals surface area contributed by atoms with Gasteiger partial charge in [-0.2, -0.15) is 0 Å². The maximum Gasteiger partial charge on any atom is 0.0406 e. The van der Waals surface area contributed by atoms with E-state index in [4.69, 9.17) is 11.6 Å². The molecule has 0 aliphatic carbocycles. The largest absolute Gasteiger partial charge is 0.0843 e. The molecule has 58 valence electrons. The van der Waals surface area contributed by atoms with Gasteiger partial charge in [0.1, 0.15) is 0 Å². The Morgan fingerprint density at radius 2 is 1.91 bits per heavy atom. The molecule has 0 saturated carbocycles. The molecular weight excluding hydrogens is 338 g/mol. The van der Waals surface area contributed by atoms with Gasteiger partial charge < -0.3 is 0 Å². The molecule has 0 aliphatic rings. The Kier molecular flexibility index (Phi) is 3.89. The first-order valence-electron chi connectivity index (χ1n) is 2.96. The van der Waals surface area contributed by atoms with Crippen LogP contribution < -0.4 is 0 Å². The Morgan fingerprint density at radius 3 is 2.36 bits per heavy atom. The second-order valence-electron chi connectivity index (χ2n) is 1.96. The summed E-state index contributed by atoms with van der Waals surface area (Å²) in [5.41, 5.74) is 1.14. The fraction of sp³-hybridized carbons (Fsp3) is 0. The smallest absolute Gasteiger partial charge is 0.0406 e. The standard InChI is InChI=1S/C8H5BrClI/c9-8(5-11)6-1-3-7(10)4-2-6/h1-5H. The van der Waals surface area contributed by atoms with Crippen molar-refractivity contribution in [3.63, 3.8) is 0 Å². The van der Waals surface area contributed by atoms with Gasteiger partial charge in [0.15, 0.2) is 0 Å². The van der Waals surface area contributed by atoms with E-state index in [0.717, 1.165) is 15.1 Å². The minimum Gasteiger partial charge on any atom is -0.0843 e. The van der Waals surface area contributed by atoms with E-state index in [2.05, 4.69) is 38.5 Å². The summed E-state index contributed by atoms with van der Waals surface area (Å²) < 4.78 is 3.05. The Hall–Kier alpha value is 0.460. The van der Waals surface area contributed by atoms with Crippen LogP contribution in [-0.2, 0) is 0 Å². The fourth-order valence-electron chi connectivity index (χ4n) is 0.672. The molecule has 0 bridgehead atoms. The van der Waals surface area contributed by atoms with Crippen molar-refractivity contribution in [2.24, 2.45) is 0 Å². The second-order valence-corrected chi connectivity index (χ2v) is 3.88. The highest BCUT2D eigenvalue weighted by atomic mass is 127. The first-order valence-corrected chi connectivity index (χ1v) is 5.37. The second kappa shape index (κ2) is 4.48. The van der Waals surface area contributed by atoms with Crippen molar-refractivity contribution >= 4 is 54.6 Å². The van der Waals surface area contributed by atoms with Crippen LogP contribution in [0, 0.1) is 0 Å². The fourth-order valence-corrected chi connectivity index (χ4v) is 1.42. The Balaban J connectivity index is 2.99. The average molecular weight is 343 g/mol. The highest BCUT2D eigenvalue weighted by Gasteiger charge is 1.94.